The van der Waals surface area contributed by atoms with Crippen LogP contribution in [0.3, 0.4) is 0 Å². The van der Waals surface area contributed by atoms with Gasteiger partial charge < -0.3 is 10.2 Å². The number of hydrogen-bond donors (Lipinski definition) is 1. The van der Waals surface area contributed by atoms with Crippen molar-refractivity contribution in [2.75, 3.05) is 31.5 Å². The average molecular weight is 638 g/mol. The van der Waals surface area contributed by atoms with Gasteiger partial charge in [-0.05, 0) is 53.9 Å². The van der Waals surface area contributed by atoms with Crippen molar-refractivity contribution in [1.29, 1.82) is 0 Å². The number of carbonyl (C=O) groups excluding carboxylic acids is 2. The van der Waals surface area contributed by atoms with Crippen molar-refractivity contribution in [2.24, 2.45) is 0 Å². The van der Waals surface area contributed by atoms with E-state index in [0.29, 0.717) is 22.2 Å². The number of benzene rings is 3. The van der Waals surface area contributed by atoms with Crippen LogP contribution in [0.2, 0.25) is 10.0 Å². The van der Waals surface area contributed by atoms with Gasteiger partial charge in [0, 0.05) is 43.7 Å². The Morgan fingerprint density at radius 1 is 0.976 bits per heavy atom. The van der Waals surface area contributed by atoms with Crippen molar-refractivity contribution >= 4 is 50.9 Å². The van der Waals surface area contributed by atoms with Gasteiger partial charge in [0.2, 0.25) is 11.8 Å². The highest BCUT2D eigenvalue weighted by Crippen LogP contribution is 2.26. The molecule has 0 aliphatic carbocycles. The van der Waals surface area contributed by atoms with Crippen LogP contribution < -0.4 is 9.62 Å². The standard InChI is InChI=1S/C30H35Cl2FN4O4S/c1-4-5-17-34-30(39)28(18-22-9-7-6-8-10-22)36(20-23-11-12-24(31)19-27(23)32)29(38)21-37(42(40,41)35(2)3)26-15-13-25(33)14-16-26/h6-16,19,28H,4-5,17-18,20-21H2,1-3H3,(H,34,39). The normalized spacial score (nSPS) is 12.2. The lowest BCUT2D eigenvalue weighted by Gasteiger charge is -2.34. The van der Waals surface area contributed by atoms with E-state index in [0.717, 1.165) is 39.1 Å². The van der Waals surface area contributed by atoms with E-state index in [1.807, 2.05) is 37.3 Å². The highest BCUT2D eigenvalue weighted by molar-refractivity contribution is 7.90. The summed E-state index contributed by atoms with van der Waals surface area (Å²) in [6, 6.07) is 17.8. The molecule has 1 N–H and O–H groups in total. The summed E-state index contributed by atoms with van der Waals surface area (Å²) in [5, 5.41) is 3.61. The number of nitrogens with one attached hydrogen (secondary N) is 1. The van der Waals surface area contributed by atoms with Crippen LogP contribution in [0.25, 0.3) is 0 Å². The Bertz CT molecular complexity index is 1460. The summed E-state index contributed by atoms with van der Waals surface area (Å²) < 4.78 is 42.3. The van der Waals surface area contributed by atoms with Crippen molar-refractivity contribution < 1.29 is 22.4 Å². The summed E-state index contributed by atoms with van der Waals surface area (Å²) in [6.45, 7) is 1.68. The lowest BCUT2D eigenvalue weighted by molar-refractivity contribution is -0.140. The summed E-state index contributed by atoms with van der Waals surface area (Å²) in [4.78, 5) is 29.2. The fourth-order valence-electron chi connectivity index (χ4n) is 4.22. The van der Waals surface area contributed by atoms with E-state index in [1.165, 1.54) is 37.2 Å². The van der Waals surface area contributed by atoms with Gasteiger partial charge in [-0.25, -0.2) is 8.70 Å². The second kappa shape index (κ2) is 15.3. The molecule has 0 saturated carbocycles. The van der Waals surface area contributed by atoms with Crippen LogP contribution in [0.4, 0.5) is 10.1 Å². The van der Waals surface area contributed by atoms with Gasteiger partial charge in [-0.3, -0.25) is 9.59 Å². The van der Waals surface area contributed by atoms with E-state index < -0.39 is 34.5 Å². The highest BCUT2D eigenvalue weighted by atomic mass is 35.5. The lowest BCUT2D eigenvalue weighted by atomic mass is 10.0. The molecule has 2 amide bonds. The zero-order chi connectivity index (χ0) is 30.9. The molecule has 3 rings (SSSR count). The number of unbranched alkanes of at least 4 members (excludes halogenated alkanes) is 1. The molecule has 1 unspecified atom stereocenters. The van der Waals surface area contributed by atoms with E-state index in [9.17, 15) is 22.4 Å². The summed E-state index contributed by atoms with van der Waals surface area (Å²) in [5.41, 5.74) is 1.43. The summed E-state index contributed by atoms with van der Waals surface area (Å²) in [6.07, 6.45) is 1.79. The summed E-state index contributed by atoms with van der Waals surface area (Å²) in [5.74, 6) is -1.59. The summed E-state index contributed by atoms with van der Waals surface area (Å²) >= 11 is 12.6. The minimum atomic E-state index is -4.19. The maximum absolute atomic E-state index is 14.2. The number of nitrogens with zero attached hydrogens (tertiary/aromatic N) is 3. The van der Waals surface area contributed by atoms with Gasteiger partial charge in [-0.1, -0.05) is 72.9 Å². The van der Waals surface area contributed by atoms with Crippen molar-refractivity contribution in [2.45, 2.75) is 38.8 Å². The van der Waals surface area contributed by atoms with Crippen molar-refractivity contribution in [3.8, 4) is 0 Å². The van der Waals surface area contributed by atoms with Crippen molar-refractivity contribution in [3.63, 3.8) is 0 Å². The predicted molar refractivity (Wildman–Crippen MR) is 165 cm³/mol. The predicted octanol–water partition coefficient (Wildman–Crippen LogP) is 5.30. The van der Waals surface area contributed by atoms with E-state index in [1.54, 1.807) is 12.1 Å². The Labute approximate surface area is 257 Å². The van der Waals surface area contributed by atoms with Gasteiger partial charge in [0.15, 0.2) is 0 Å². The monoisotopic (exact) mass is 636 g/mol. The largest absolute Gasteiger partial charge is 0.354 e. The van der Waals surface area contributed by atoms with E-state index in [2.05, 4.69) is 5.32 Å². The Morgan fingerprint density at radius 3 is 2.24 bits per heavy atom. The van der Waals surface area contributed by atoms with Gasteiger partial charge >= 0.3 is 10.2 Å². The zero-order valence-corrected chi connectivity index (χ0v) is 26.1. The molecule has 0 fully saturated rings. The molecule has 1 atom stereocenters. The van der Waals surface area contributed by atoms with Crippen molar-refractivity contribution in [3.05, 3.63) is 99.8 Å². The minimum absolute atomic E-state index is 0.0905. The third-order valence-corrected chi connectivity index (χ3v) is 9.00. The number of rotatable bonds is 14. The van der Waals surface area contributed by atoms with Crippen LogP contribution in [0.15, 0.2) is 72.8 Å². The molecule has 0 heterocycles. The molecule has 0 saturated heterocycles. The SMILES string of the molecule is CCCCNC(=O)C(Cc1ccccc1)N(Cc1ccc(Cl)cc1Cl)C(=O)CN(c1ccc(F)cc1)S(=O)(=O)N(C)C. The van der Waals surface area contributed by atoms with Crippen LogP contribution in [0.1, 0.15) is 30.9 Å². The second-order valence-corrected chi connectivity index (χ2v) is 12.8. The molecular formula is C30H35Cl2FN4O4S. The smallest absolute Gasteiger partial charge is 0.304 e. The van der Waals surface area contributed by atoms with E-state index in [-0.39, 0.29) is 24.6 Å². The van der Waals surface area contributed by atoms with Gasteiger partial charge in [-0.2, -0.15) is 12.7 Å². The molecule has 0 bridgehead atoms. The topological polar surface area (TPSA) is 90.0 Å². The van der Waals surface area contributed by atoms with E-state index >= 15 is 0 Å². The number of amides is 2. The van der Waals surface area contributed by atoms with E-state index in [4.69, 9.17) is 23.2 Å². The molecule has 3 aromatic rings. The second-order valence-electron chi connectivity index (χ2n) is 9.88. The number of anilines is 1. The Hall–Kier alpha value is -3.18. The average Bonchev–Trinajstić information content (AvgIpc) is 2.95. The Balaban J connectivity index is 2.09. The molecule has 0 aliphatic rings. The maximum atomic E-state index is 14.2. The third-order valence-electron chi connectivity index (χ3n) is 6.59. The van der Waals surface area contributed by atoms with Crippen LogP contribution in [-0.4, -0.2) is 62.7 Å². The first kappa shape index (κ1) is 33.3. The first-order valence-electron chi connectivity index (χ1n) is 13.4. The van der Waals surface area contributed by atoms with Gasteiger partial charge in [0.25, 0.3) is 0 Å². The molecule has 12 heteroatoms. The van der Waals surface area contributed by atoms with Crippen molar-refractivity contribution in [1.82, 2.24) is 14.5 Å². The quantitative estimate of drug-likeness (QED) is 0.243. The lowest BCUT2D eigenvalue weighted by Crippen LogP contribution is -2.54. The molecule has 8 nitrogen and oxygen atoms in total. The fraction of sp³-hybridized carbons (Fsp3) is 0.333. The highest BCUT2D eigenvalue weighted by Gasteiger charge is 2.35. The first-order valence-corrected chi connectivity index (χ1v) is 15.6. The maximum Gasteiger partial charge on any atom is 0.304 e. The van der Waals surface area contributed by atoms with Gasteiger partial charge in [0.1, 0.15) is 18.4 Å². The molecule has 226 valence electrons. The minimum Gasteiger partial charge on any atom is -0.354 e. The fourth-order valence-corrected chi connectivity index (χ4v) is 5.74. The van der Waals surface area contributed by atoms with Gasteiger partial charge in [0.05, 0.1) is 5.69 Å². The Kier molecular flexibility index (Phi) is 12.2. The Morgan fingerprint density at radius 2 is 1.64 bits per heavy atom. The van der Waals surface area contributed by atoms with Crippen LogP contribution in [-0.2, 0) is 32.8 Å². The number of carbonyl (C=O) groups is 2. The molecule has 0 aromatic heterocycles. The van der Waals surface area contributed by atoms with Gasteiger partial charge in [-0.15, -0.1) is 0 Å². The molecule has 42 heavy (non-hydrogen) atoms. The molecule has 0 spiro atoms. The zero-order valence-electron chi connectivity index (χ0n) is 23.8. The molecule has 0 radical (unpaired) electrons. The van der Waals surface area contributed by atoms with Crippen LogP contribution in [0.5, 0.6) is 0 Å². The molecule has 0 aliphatic heterocycles. The summed E-state index contributed by atoms with van der Waals surface area (Å²) in [7, 11) is -1.52. The number of hydrogen-bond acceptors (Lipinski definition) is 4. The van der Waals surface area contributed by atoms with Crippen LogP contribution >= 0.6 is 23.2 Å². The molecular weight excluding hydrogens is 602 g/mol. The third kappa shape index (κ3) is 8.91. The van der Waals surface area contributed by atoms with Crippen LogP contribution in [0, 0.1) is 5.82 Å². The first-order chi connectivity index (χ1) is 19.9. The number of halogens is 3. The molecule has 3 aromatic carbocycles.